The lowest BCUT2D eigenvalue weighted by molar-refractivity contribution is 0.579. The topological polar surface area (TPSA) is 86.9 Å². The highest BCUT2D eigenvalue weighted by Crippen LogP contribution is 2.14. The molecule has 0 bridgehead atoms. The normalized spacial score (nSPS) is 11.4. The second-order valence-corrected chi connectivity index (χ2v) is 6.08. The van der Waals surface area contributed by atoms with Gasteiger partial charge in [-0.3, -0.25) is 0 Å². The van der Waals surface area contributed by atoms with E-state index < -0.39 is 10.0 Å². The van der Waals surface area contributed by atoms with Crippen molar-refractivity contribution in [1.82, 2.24) is 14.7 Å². The fourth-order valence-electron chi connectivity index (χ4n) is 1.66. The molecule has 1 aromatic carbocycles. The van der Waals surface area contributed by atoms with Crippen LogP contribution in [-0.2, 0) is 16.6 Å². The lowest BCUT2D eigenvalue weighted by Gasteiger charge is -2.08. The molecule has 7 heteroatoms. The van der Waals surface area contributed by atoms with Crippen molar-refractivity contribution in [3.05, 3.63) is 42.5 Å². The number of imidazole rings is 1. The molecule has 0 saturated heterocycles. The van der Waals surface area contributed by atoms with Crippen LogP contribution in [0.25, 0.3) is 0 Å². The molecule has 2 rings (SSSR count). The lowest BCUT2D eigenvalue weighted by atomic mass is 10.3. The minimum Gasteiger partial charge on any atom is -0.385 e. The molecule has 0 aliphatic carbocycles. The molecule has 0 fully saturated rings. The summed E-state index contributed by atoms with van der Waals surface area (Å²) in [6.07, 6.45) is 4.25. The zero-order valence-corrected chi connectivity index (χ0v) is 12.1. The summed E-state index contributed by atoms with van der Waals surface area (Å²) in [6, 6.07) is 6.69. The van der Waals surface area contributed by atoms with Crippen molar-refractivity contribution in [1.29, 1.82) is 0 Å². The molecule has 0 saturated carbocycles. The van der Waals surface area contributed by atoms with Gasteiger partial charge in [0.05, 0.1) is 11.4 Å². The summed E-state index contributed by atoms with van der Waals surface area (Å²) in [4.78, 5) is 7.06. The van der Waals surface area contributed by atoms with E-state index in [0.717, 1.165) is 18.7 Å². The van der Waals surface area contributed by atoms with Crippen molar-refractivity contribution in [2.45, 2.75) is 24.8 Å². The number of H-pyrrole nitrogens is 1. The summed E-state index contributed by atoms with van der Waals surface area (Å²) in [5.74, 6) is 0.579. The van der Waals surface area contributed by atoms with Gasteiger partial charge in [0, 0.05) is 24.6 Å². The van der Waals surface area contributed by atoms with Gasteiger partial charge >= 0.3 is 0 Å². The lowest BCUT2D eigenvalue weighted by Crippen LogP contribution is -2.23. The summed E-state index contributed by atoms with van der Waals surface area (Å²) in [5, 5.41) is 3.20. The van der Waals surface area contributed by atoms with Crippen LogP contribution in [-0.4, -0.2) is 24.9 Å². The van der Waals surface area contributed by atoms with E-state index in [2.05, 4.69) is 26.9 Å². The number of rotatable bonds is 7. The molecule has 6 nitrogen and oxygen atoms in total. The summed E-state index contributed by atoms with van der Waals surface area (Å²) < 4.78 is 26.7. The molecule has 0 amide bonds. The number of hydrogen-bond donors (Lipinski definition) is 3. The molecular weight excluding hydrogens is 276 g/mol. The number of benzene rings is 1. The molecule has 3 N–H and O–H groups in total. The number of nitrogens with zero attached hydrogens (tertiary/aromatic N) is 1. The van der Waals surface area contributed by atoms with Gasteiger partial charge in [-0.25, -0.2) is 18.1 Å². The number of anilines is 1. The molecule has 0 radical (unpaired) electrons. The first-order valence-corrected chi connectivity index (χ1v) is 7.92. The smallest absolute Gasteiger partial charge is 0.240 e. The fourth-order valence-corrected chi connectivity index (χ4v) is 2.65. The van der Waals surface area contributed by atoms with E-state index in [-0.39, 0.29) is 11.4 Å². The number of hydrogen-bond acceptors (Lipinski definition) is 4. The Labute approximate surface area is 118 Å². The molecule has 20 heavy (non-hydrogen) atoms. The van der Waals surface area contributed by atoms with Gasteiger partial charge < -0.3 is 10.3 Å². The highest BCUT2D eigenvalue weighted by Gasteiger charge is 2.13. The zero-order chi connectivity index (χ0) is 14.4. The molecule has 0 atom stereocenters. The number of aromatic amines is 1. The Morgan fingerprint density at radius 2 is 2.00 bits per heavy atom. The van der Waals surface area contributed by atoms with Gasteiger partial charge in [0.15, 0.2) is 0 Å². The Balaban J connectivity index is 2.01. The third-order valence-corrected chi connectivity index (χ3v) is 4.15. The highest BCUT2D eigenvalue weighted by molar-refractivity contribution is 7.89. The van der Waals surface area contributed by atoms with Crippen LogP contribution in [0.4, 0.5) is 5.69 Å². The fraction of sp³-hybridized carbons (Fsp3) is 0.308. The quantitative estimate of drug-likeness (QED) is 0.725. The van der Waals surface area contributed by atoms with E-state index in [9.17, 15) is 8.42 Å². The number of sulfonamides is 1. The minimum atomic E-state index is -3.51. The summed E-state index contributed by atoms with van der Waals surface area (Å²) in [6.45, 7) is 3.08. The Bertz CT molecular complexity index is 621. The van der Waals surface area contributed by atoms with Gasteiger partial charge in [-0.1, -0.05) is 6.92 Å². The number of aromatic nitrogens is 2. The Morgan fingerprint density at radius 1 is 1.25 bits per heavy atom. The molecule has 1 aromatic heterocycles. The predicted octanol–water partition coefficient (Wildman–Crippen LogP) is 1.71. The van der Waals surface area contributed by atoms with Crippen molar-refractivity contribution in [3.63, 3.8) is 0 Å². The van der Waals surface area contributed by atoms with Gasteiger partial charge in [-0.15, -0.1) is 0 Å². The molecule has 108 valence electrons. The van der Waals surface area contributed by atoms with Gasteiger partial charge in [0.25, 0.3) is 0 Å². The van der Waals surface area contributed by atoms with E-state index in [4.69, 9.17) is 0 Å². The number of nitrogens with one attached hydrogen (secondary N) is 3. The van der Waals surface area contributed by atoms with Crippen LogP contribution in [0.3, 0.4) is 0 Å². The van der Waals surface area contributed by atoms with Gasteiger partial charge in [-0.2, -0.15) is 0 Å². The van der Waals surface area contributed by atoms with E-state index in [1.54, 1.807) is 36.7 Å². The van der Waals surface area contributed by atoms with E-state index >= 15 is 0 Å². The summed E-state index contributed by atoms with van der Waals surface area (Å²) >= 11 is 0. The standard InChI is InChI=1S/C13H18N4O2S/c1-2-7-14-11-3-5-12(6-4-11)20(18,19)17-10-13-15-8-9-16-13/h3-6,8-9,14,17H,2,7,10H2,1H3,(H,15,16). The van der Waals surface area contributed by atoms with Crippen LogP contribution in [0, 0.1) is 0 Å². The van der Waals surface area contributed by atoms with E-state index in [1.807, 2.05) is 0 Å². The molecule has 0 unspecified atom stereocenters. The Hall–Kier alpha value is -1.86. The second-order valence-electron chi connectivity index (χ2n) is 4.31. The van der Waals surface area contributed by atoms with Gasteiger partial charge in [0.2, 0.25) is 10.0 Å². The van der Waals surface area contributed by atoms with Crippen LogP contribution < -0.4 is 10.0 Å². The molecular formula is C13H18N4O2S. The van der Waals surface area contributed by atoms with Crippen LogP contribution in [0.1, 0.15) is 19.2 Å². The predicted molar refractivity (Wildman–Crippen MR) is 77.8 cm³/mol. The first kappa shape index (κ1) is 14.5. The monoisotopic (exact) mass is 294 g/mol. The van der Waals surface area contributed by atoms with Gasteiger partial charge in [0.1, 0.15) is 5.82 Å². The maximum absolute atomic E-state index is 12.1. The van der Waals surface area contributed by atoms with Crippen LogP contribution >= 0.6 is 0 Å². The van der Waals surface area contributed by atoms with Gasteiger partial charge in [-0.05, 0) is 30.7 Å². The van der Waals surface area contributed by atoms with Crippen molar-refractivity contribution in [2.24, 2.45) is 0 Å². The second kappa shape index (κ2) is 6.53. The Morgan fingerprint density at radius 3 is 2.60 bits per heavy atom. The third kappa shape index (κ3) is 3.82. The zero-order valence-electron chi connectivity index (χ0n) is 11.3. The maximum atomic E-state index is 12.1. The molecule has 0 spiro atoms. The molecule has 2 aromatic rings. The minimum absolute atomic E-state index is 0.144. The van der Waals surface area contributed by atoms with Crippen molar-refractivity contribution < 1.29 is 8.42 Å². The maximum Gasteiger partial charge on any atom is 0.240 e. The van der Waals surface area contributed by atoms with Crippen molar-refractivity contribution >= 4 is 15.7 Å². The van der Waals surface area contributed by atoms with Crippen molar-refractivity contribution in [3.8, 4) is 0 Å². The molecule has 0 aliphatic heterocycles. The largest absolute Gasteiger partial charge is 0.385 e. The van der Waals surface area contributed by atoms with E-state index in [0.29, 0.717) is 5.82 Å². The molecule has 1 heterocycles. The first-order chi connectivity index (χ1) is 9.62. The summed E-state index contributed by atoms with van der Waals surface area (Å²) in [7, 11) is -3.51. The Kier molecular flexibility index (Phi) is 4.75. The summed E-state index contributed by atoms with van der Waals surface area (Å²) in [5.41, 5.74) is 0.914. The van der Waals surface area contributed by atoms with E-state index in [1.165, 1.54) is 0 Å². The average molecular weight is 294 g/mol. The first-order valence-electron chi connectivity index (χ1n) is 6.43. The van der Waals surface area contributed by atoms with Crippen molar-refractivity contribution in [2.75, 3.05) is 11.9 Å². The highest BCUT2D eigenvalue weighted by atomic mass is 32.2. The average Bonchev–Trinajstić information content (AvgIpc) is 2.97. The third-order valence-electron chi connectivity index (χ3n) is 2.73. The molecule has 0 aliphatic rings. The van der Waals surface area contributed by atoms with Crippen LogP contribution in [0.5, 0.6) is 0 Å². The van der Waals surface area contributed by atoms with Crippen LogP contribution in [0.15, 0.2) is 41.6 Å². The van der Waals surface area contributed by atoms with Crippen LogP contribution in [0.2, 0.25) is 0 Å². The SMILES string of the molecule is CCCNc1ccc(S(=O)(=O)NCc2ncc[nH]2)cc1.